The second kappa shape index (κ2) is 5.51. The van der Waals surface area contributed by atoms with Crippen LogP contribution in [0.15, 0.2) is 0 Å². The van der Waals surface area contributed by atoms with Crippen LogP contribution in [0.2, 0.25) is 0 Å². The zero-order valence-electron chi connectivity index (χ0n) is 12.5. The molecule has 2 rings (SSSR count). The van der Waals surface area contributed by atoms with E-state index in [1.165, 1.54) is 0 Å². The third kappa shape index (κ3) is 2.49. The number of nitrogens with one attached hydrogen (secondary N) is 1. The molecule has 1 saturated heterocycles. The van der Waals surface area contributed by atoms with Crippen molar-refractivity contribution in [1.82, 2.24) is 10.2 Å². The quantitative estimate of drug-likeness (QED) is 0.826. The molecule has 1 heterocycles. The Bertz CT molecular complexity index is 369. The summed E-state index contributed by atoms with van der Waals surface area (Å²) in [6, 6.07) is -0.271. The summed E-state index contributed by atoms with van der Waals surface area (Å²) in [7, 11) is 0. The third-order valence-electron chi connectivity index (χ3n) is 4.82. The number of piperazine rings is 1. The number of hydrogen-bond donors (Lipinski definition) is 1. The highest BCUT2D eigenvalue weighted by atomic mass is 16.2. The molecule has 5 atom stereocenters. The minimum absolute atomic E-state index is 0.0363. The number of amides is 2. The van der Waals surface area contributed by atoms with E-state index in [1.54, 1.807) is 0 Å². The lowest BCUT2D eigenvalue weighted by Crippen LogP contribution is -2.65. The molecule has 4 nitrogen and oxygen atoms in total. The van der Waals surface area contributed by atoms with Crippen LogP contribution in [0.5, 0.6) is 0 Å². The molecule has 1 saturated carbocycles. The Balaban J connectivity index is 2.20. The summed E-state index contributed by atoms with van der Waals surface area (Å²) < 4.78 is 0. The van der Waals surface area contributed by atoms with Crippen LogP contribution >= 0.6 is 0 Å². The van der Waals surface area contributed by atoms with Crippen LogP contribution in [0.25, 0.3) is 0 Å². The Morgan fingerprint density at radius 1 is 1.26 bits per heavy atom. The van der Waals surface area contributed by atoms with Crippen molar-refractivity contribution >= 4 is 11.8 Å². The van der Waals surface area contributed by atoms with E-state index in [1.807, 2.05) is 18.7 Å². The fourth-order valence-electron chi connectivity index (χ4n) is 3.16. The first kappa shape index (κ1) is 14.4. The van der Waals surface area contributed by atoms with Gasteiger partial charge in [0, 0.05) is 6.04 Å². The maximum absolute atomic E-state index is 12.7. The number of hydrogen-bond acceptors (Lipinski definition) is 2. The highest BCUT2D eigenvalue weighted by molar-refractivity contribution is 5.97. The molecule has 4 heteroatoms. The Morgan fingerprint density at radius 3 is 2.42 bits per heavy atom. The predicted molar refractivity (Wildman–Crippen MR) is 74.5 cm³/mol. The Kier molecular flexibility index (Phi) is 4.16. The first-order valence-electron chi connectivity index (χ1n) is 7.67. The molecule has 1 N–H and O–H groups in total. The second-order valence-corrected chi connectivity index (χ2v) is 6.01. The van der Waals surface area contributed by atoms with Gasteiger partial charge in [-0.25, -0.2) is 0 Å². The molecular weight excluding hydrogens is 240 g/mol. The molecule has 19 heavy (non-hydrogen) atoms. The first-order chi connectivity index (χ1) is 9.04. The van der Waals surface area contributed by atoms with Crippen LogP contribution < -0.4 is 5.32 Å². The normalized spacial score (nSPS) is 36.1. The third-order valence-corrected chi connectivity index (χ3v) is 4.82. The lowest BCUT2D eigenvalue weighted by molar-refractivity contribution is -0.152. The SMILES string of the molecule is CCC(C)C1NC(=O)C(CC)N(C2CC2CC)C1=O. The van der Waals surface area contributed by atoms with E-state index in [-0.39, 0.29) is 29.8 Å². The minimum Gasteiger partial charge on any atom is -0.342 e. The van der Waals surface area contributed by atoms with Crippen molar-refractivity contribution in [2.24, 2.45) is 11.8 Å². The van der Waals surface area contributed by atoms with Crippen LogP contribution in [0.4, 0.5) is 0 Å². The maximum atomic E-state index is 12.7. The van der Waals surface area contributed by atoms with Crippen molar-refractivity contribution in [3.63, 3.8) is 0 Å². The molecule has 2 fully saturated rings. The summed E-state index contributed by atoms with van der Waals surface area (Å²) in [5.74, 6) is 0.980. The van der Waals surface area contributed by atoms with Gasteiger partial charge in [-0.15, -0.1) is 0 Å². The van der Waals surface area contributed by atoms with Gasteiger partial charge in [-0.2, -0.15) is 0 Å². The summed E-state index contributed by atoms with van der Waals surface area (Å²) in [5.41, 5.74) is 0. The first-order valence-corrected chi connectivity index (χ1v) is 7.67. The van der Waals surface area contributed by atoms with E-state index in [4.69, 9.17) is 0 Å². The summed E-state index contributed by atoms with van der Waals surface area (Å²) in [6.45, 7) is 8.24. The molecule has 0 spiro atoms. The van der Waals surface area contributed by atoms with Crippen LogP contribution in [-0.2, 0) is 9.59 Å². The van der Waals surface area contributed by atoms with E-state index in [2.05, 4.69) is 19.2 Å². The van der Waals surface area contributed by atoms with Crippen molar-refractivity contribution in [2.45, 2.75) is 71.5 Å². The number of carbonyl (C=O) groups excluding carboxylic acids is 2. The monoisotopic (exact) mass is 266 g/mol. The van der Waals surface area contributed by atoms with Crippen molar-refractivity contribution < 1.29 is 9.59 Å². The van der Waals surface area contributed by atoms with Crippen molar-refractivity contribution in [1.29, 1.82) is 0 Å². The molecular formula is C15H26N2O2. The highest BCUT2D eigenvalue weighted by Crippen LogP contribution is 2.41. The fourth-order valence-corrected chi connectivity index (χ4v) is 3.16. The van der Waals surface area contributed by atoms with Crippen LogP contribution in [0.1, 0.15) is 53.4 Å². The Labute approximate surface area is 115 Å². The van der Waals surface area contributed by atoms with Gasteiger partial charge >= 0.3 is 0 Å². The lowest BCUT2D eigenvalue weighted by Gasteiger charge is -2.41. The zero-order chi connectivity index (χ0) is 14.2. The number of carbonyl (C=O) groups is 2. The Hall–Kier alpha value is -1.06. The average molecular weight is 266 g/mol. The number of rotatable bonds is 5. The maximum Gasteiger partial charge on any atom is 0.246 e. The summed E-state index contributed by atoms with van der Waals surface area (Å²) in [5, 5.41) is 2.93. The van der Waals surface area contributed by atoms with Gasteiger partial charge in [-0.05, 0) is 24.7 Å². The molecule has 1 aliphatic carbocycles. The average Bonchev–Trinajstić information content (AvgIpc) is 3.18. The molecule has 0 aromatic heterocycles. The molecule has 0 aromatic rings. The Morgan fingerprint density at radius 2 is 1.95 bits per heavy atom. The van der Waals surface area contributed by atoms with Crippen LogP contribution in [-0.4, -0.2) is 34.8 Å². The van der Waals surface area contributed by atoms with Gasteiger partial charge in [-0.3, -0.25) is 9.59 Å². The standard InChI is InChI=1S/C15H26N2O2/c1-5-9(4)13-15(19)17(12-8-10(12)6-2)11(7-3)14(18)16-13/h9-13H,5-8H2,1-4H3,(H,16,18). The zero-order valence-corrected chi connectivity index (χ0v) is 12.5. The van der Waals surface area contributed by atoms with E-state index >= 15 is 0 Å². The van der Waals surface area contributed by atoms with E-state index in [0.29, 0.717) is 18.4 Å². The van der Waals surface area contributed by atoms with Gasteiger partial charge in [0.25, 0.3) is 0 Å². The molecule has 0 bridgehead atoms. The highest BCUT2D eigenvalue weighted by Gasteiger charge is 2.51. The van der Waals surface area contributed by atoms with E-state index in [0.717, 1.165) is 19.3 Å². The topological polar surface area (TPSA) is 49.4 Å². The largest absolute Gasteiger partial charge is 0.342 e. The molecule has 108 valence electrons. The number of nitrogens with zero attached hydrogens (tertiary/aromatic N) is 1. The van der Waals surface area contributed by atoms with Gasteiger partial charge < -0.3 is 10.2 Å². The van der Waals surface area contributed by atoms with Gasteiger partial charge in [-0.1, -0.05) is 40.5 Å². The van der Waals surface area contributed by atoms with Crippen molar-refractivity contribution in [2.75, 3.05) is 0 Å². The molecule has 0 radical (unpaired) electrons. The lowest BCUT2D eigenvalue weighted by atomic mass is 9.93. The molecule has 0 aromatic carbocycles. The molecule has 2 aliphatic rings. The van der Waals surface area contributed by atoms with E-state index < -0.39 is 0 Å². The predicted octanol–water partition coefficient (Wildman–Crippen LogP) is 1.94. The van der Waals surface area contributed by atoms with E-state index in [9.17, 15) is 9.59 Å². The second-order valence-electron chi connectivity index (χ2n) is 6.01. The van der Waals surface area contributed by atoms with Crippen LogP contribution in [0, 0.1) is 11.8 Å². The summed E-state index contributed by atoms with van der Waals surface area (Å²) >= 11 is 0. The van der Waals surface area contributed by atoms with Crippen molar-refractivity contribution in [3.05, 3.63) is 0 Å². The van der Waals surface area contributed by atoms with Gasteiger partial charge in [0.15, 0.2) is 0 Å². The fraction of sp³-hybridized carbons (Fsp3) is 0.867. The van der Waals surface area contributed by atoms with Gasteiger partial charge in [0.1, 0.15) is 12.1 Å². The van der Waals surface area contributed by atoms with Crippen LogP contribution in [0.3, 0.4) is 0 Å². The summed E-state index contributed by atoms with van der Waals surface area (Å²) in [6.07, 6.45) is 3.78. The van der Waals surface area contributed by atoms with Crippen molar-refractivity contribution in [3.8, 4) is 0 Å². The molecule has 1 aliphatic heterocycles. The summed E-state index contributed by atoms with van der Waals surface area (Å²) in [4.78, 5) is 26.8. The molecule has 5 unspecified atom stereocenters. The minimum atomic E-state index is -0.321. The molecule has 2 amide bonds. The van der Waals surface area contributed by atoms with Gasteiger partial charge in [0.05, 0.1) is 0 Å². The smallest absolute Gasteiger partial charge is 0.246 e. The van der Waals surface area contributed by atoms with Gasteiger partial charge in [0.2, 0.25) is 11.8 Å².